The fraction of sp³-hybridized carbons (Fsp3) is 0.0667. The fourth-order valence-electron chi connectivity index (χ4n) is 1.70. The summed E-state index contributed by atoms with van der Waals surface area (Å²) in [4.78, 5) is 14.7. The van der Waals surface area contributed by atoms with Gasteiger partial charge in [0.1, 0.15) is 6.29 Å². The van der Waals surface area contributed by atoms with Crippen LogP contribution in [-0.4, -0.2) is 11.3 Å². The number of carbonyl (C=O) groups is 1. The van der Waals surface area contributed by atoms with Gasteiger partial charge in [0.25, 0.3) is 0 Å². The van der Waals surface area contributed by atoms with E-state index in [-0.39, 0.29) is 0 Å². The number of aromatic nitrogens is 1. The number of aldehydes is 1. The van der Waals surface area contributed by atoms with Gasteiger partial charge in [0.2, 0.25) is 0 Å². The fourth-order valence-corrected chi connectivity index (χ4v) is 1.70. The van der Waals surface area contributed by atoms with Crippen molar-refractivity contribution in [3.63, 3.8) is 0 Å². The van der Waals surface area contributed by atoms with Crippen LogP contribution in [0.2, 0.25) is 0 Å². The number of benzene rings is 1. The van der Waals surface area contributed by atoms with Crippen LogP contribution < -0.4 is 0 Å². The second-order valence-electron chi connectivity index (χ2n) is 3.69. The molecule has 0 N–H and O–H groups in total. The molecule has 0 bridgehead atoms. The first-order valence-electron chi connectivity index (χ1n) is 5.50. The molecule has 0 spiro atoms. The molecule has 2 aromatic rings. The highest BCUT2D eigenvalue weighted by Crippen LogP contribution is 2.14. The second kappa shape index (κ2) is 5.75. The van der Waals surface area contributed by atoms with Crippen LogP contribution in [0.4, 0.5) is 0 Å². The summed E-state index contributed by atoms with van der Waals surface area (Å²) in [5.74, 6) is 0. The van der Waals surface area contributed by atoms with Crippen LogP contribution in [-0.2, 0) is 11.2 Å². The average molecular weight is 223 g/mol. The standard InChI is InChI=1S/C15H13NO/c17-11-5-8-13-6-1-2-7-14(13)12-15-9-3-4-10-16-15/h1-11H,12H2/b8-5+. The Labute approximate surface area is 101 Å². The van der Waals surface area contributed by atoms with Gasteiger partial charge in [-0.1, -0.05) is 36.4 Å². The number of nitrogens with zero attached hydrogens (tertiary/aromatic N) is 1. The molecule has 0 saturated heterocycles. The molecule has 0 aliphatic heterocycles. The summed E-state index contributed by atoms with van der Waals surface area (Å²) in [5.41, 5.74) is 3.26. The van der Waals surface area contributed by atoms with Crippen molar-refractivity contribution in [3.8, 4) is 0 Å². The van der Waals surface area contributed by atoms with Gasteiger partial charge in [-0.25, -0.2) is 0 Å². The summed E-state index contributed by atoms with van der Waals surface area (Å²) in [7, 11) is 0. The summed E-state index contributed by atoms with van der Waals surface area (Å²) in [6, 6.07) is 13.9. The lowest BCUT2D eigenvalue weighted by molar-refractivity contribution is -0.104. The minimum Gasteiger partial charge on any atom is -0.299 e. The van der Waals surface area contributed by atoms with Gasteiger partial charge in [0.15, 0.2) is 0 Å². The molecule has 0 aliphatic carbocycles. The van der Waals surface area contributed by atoms with Gasteiger partial charge in [-0.05, 0) is 29.3 Å². The van der Waals surface area contributed by atoms with Crippen molar-refractivity contribution in [3.05, 3.63) is 71.6 Å². The minimum atomic E-state index is 0.778. The Hall–Kier alpha value is -2.22. The van der Waals surface area contributed by atoms with Gasteiger partial charge < -0.3 is 0 Å². The summed E-state index contributed by atoms with van der Waals surface area (Å²) < 4.78 is 0. The van der Waals surface area contributed by atoms with E-state index >= 15 is 0 Å². The number of allylic oxidation sites excluding steroid dienone is 1. The number of carbonyl (C=O) groups excluding carboxylic acids is 1. The number of pyridine rings is 1. The summed E-state index contributed by atoms with van der Waals surface area (Å²) in [6.07, 6.45) is 6.69. The molecule has 1 aromatic carbocycles. The van der Waals surface area contributed by atoms with Crippen molar-refractivity contribution in [2.75, 3.05) is 0 Å². The summed E-state index contributed by atoms with van der Waals surface area (Å²) in [6.45, 7) is 0. The molecule has 0 atom stereocenters. The first-order valence-corrected chi connectivity index (χ1v) is 5.50. The maximum Gasteiger partial charge on any atom is 0.142 e. The molecule has 2 heteroatoms. The van der Waals surface area contributed by atoms with Crippen molar-refractivity contribution < 1.29 is 4.79 Å². The third-order valence-corrected chi connectivity index (χ3v) is 2.51. The molecule has 84 valence electrons. The Morgan fingerprint density at radius 2 is 1.88 bits per heavy atom. The van der Waals surface area contributed by atoms with Gasteiger partial charge in [0, 0.05) is 18.3 Å². The van der Waals surface area contributed by atoms with Gasteiger partial charge in [-0.15, -0.1) is 0 Å². The predicted octanol–water partition coefficient (Wildman–Crippen LogP) is 2.88. The average Bonchev–Trinajstić information content (AvgIpc) is 2.39. The Kier molecular flexibility index (Phi) is 3.81. The normalized spacial score (nSPS) is 10.6. The molecule has 0 saturated carbocycles. The zero-order valence-corrected chi connectivity index (χ0v) is 9.41. The lowest BCUT2D eigenvalue weighted by atomic mass is 10.0. The van der Waals surface area contributed by atoms with Crippen LogP contribution in [0, 0.1) is 0 Å². The number of hydrogen-bond donors (Lipinski definition) is 0. The summed E-state index contributed by atoms with van der Waals surface area (Å²) in [5, 5.41) is 0. The maximum absolute atomic E-state index is 10.3. The SMILES string of the molecule is O=C/C=C/c1ccccc1Cc1ccccn1. The van der Waals surface area contributed by atoms with Crippen LogP contribution >= 0.6 is 0 Å². The largest absolute Gasteiger partial charge is 0.299 e. The van der Waals surface area contributed by atoms with Crippen LogP contribution in [0.25, 0.3) is 6.08 Å². The molecule has 0 amide bonds. The van der Waals surface area contributed by atoms with Gasteiger partial charge in [-0.2, -0.15) is 0 Å². The highest BCUT2D eigenvalue weighted by molar-refractivity contribution is 5.74. The van der Waals surface area contributed by atoms with E-state index < -0.39 is 0 Å². The van der Waals surface area contributed by atoms with Crippen molar-refractivity contribution in [1.82, 2.24) is 4.98 Å². The Bertz CT molecular complexity index is 517. The Balaban J connectivity index is 2.26. The quantitative estimate of drug-likeness (QED) is 0.589. The summed E-state index contributed by atoms with van der Waals surface area (Å²) >= 11 is 0. The van der Waals surface area contributed by atoms with Crippen LogP contribution in [0.15, 0.2) is 54.7 Å². The first kappa shape index (κ1) is 11.3. The van der Waals surface area contributed by atoms with Gasteiger partial charge in [0.05, 0.1) is 0 Å². The third-order valence-electron chi connectivity index (χ3n) is 2.51. The van der Waals surface area contributed by atoms with Crippen molar-refractivity contribution in [2.45, 2.75) is 6.42 Å². The molecule has 0 radical (unpaired) electrons. The second-order valence-corrected chi connectivity index (χ2v) is 3.69. The molecular weight excluding hydrogens is 210 g/mol. The zero-order chi connectivity index (χ0) is 11.9. The van der Waals surface area contributed by atoms with Crippen LogP contribution in [0.3, 0.4) is 0 Å². The van der Waals surface area contributed by atoms with Crippen molar-refractivity contribution >= 4 is 12.4 Å². The lowest BCUT2D eigenvalue weighted by Gasteiger charge is -2.05. The van der Waals surface area contributed by atoms with E-state index in [1.807, 2.05) is 42.5 Å². The zero-order valence-electron chi connectivity index (χ0n) is 9.41. The van der Waals surface area contributed by atoms with E-state index in [1.165, 1.54) is 11.6 Å². The van der Waals surface area contributed by atoms with E-state index in [9.17, 15) is 4.79 Å². The Morgan fingerprint density at radius 3 is 2.65 bits per heavy atom. The number of hydrogen-bond acceptors (Lipinski definition) is 2. The molecule has 1 heterocycles. The highest BCUT2D eigenvalue weighted by Gasteiger charge is 2.00. The molecule has 1 aromatic heterocycles. The topological polar surface area (TPSA) is 30.0 Å². The first-order chi connectivity index (χ1) is 8.40. The van der Waals surface area contributed by atoms with Gasteiger partial charge >= 0.3 is 0 Å². The minimum absolute atomic E-state index is 0.778. The highest BCUT2D eigenvalue weighted by atomic mass is 16.1. The molecule has 2 nitrogen and oxygen atoms in total. The van der Waals surface area contributed by atoms with Gasteiger partial charge in [-0.3, -0.25) is 9.78 Å². The van der Waals surface area contributed by atoms with E-state index in [4.69, 9.17) is 0 Å². The van der Waals surface area contributed by atoms with Crippen LogP contribution in [0.1, 0.15) is 16.8 Å². The monoisotopic (exact) mass is 223 g/mol. The molecule has 0 aliphatic rings. The smallest absolute Gasteiger partial charge is 0.142 e. The Morgan fingerprint density at radius 1 is 1.06 bits per heavy atom. The predicted molar refractivity (Wildman–Crippen MR) is 68.6 cm³/mol. The molecular formula is C15H13NO. The van der Waals surface area contributed by atoms with Crippen molar-refractivity contribution in [1.29, 1.82) is 0 Å². The van der Waals surface area contributed by atoms with E-state index in [1.54, 1.807) is 6.20 Å². The van der Waals surface area contributed by atoms with E-state index in [2.05, 4.69) is 11.1 Å². The van der Waals surface area contributed by atoms with E-state index in [0.717, 1.165) is 24.0 Å². The maximum atomic E-state index is 10.3. The molecule has 0 fully saturated rings. The van der Waals surface area contributed by atoms with E-state index in [0.29, 0.717) is 0 Å². The lowest BCUT2D eigenvalue weighted by Crippen LogP contribution is -1.93. The van der Waals surface area contributed by atoms with Crippen molar-refractivity contribution in [2.24, 2.45) is 0 Å². The molecule has 2 rings (SSSR count). The molecule has 0 unspecified atom stereocenters. The third kappa shape index (κ3) is 3.11. The molecule has 17 heavy (non-hydrogen) atoms. The van der Waals surface area contributed by atoms with Crippen LogP contribution in [0.5, 0.6) is 0 Å². The number of rotatable bonds is 4.